The molecule has 7 heteroatoms. The van der Waals surface area contributed by atoms with Crippen LogP contribution in [0.2, 0.25) is 0 Å². The highest BCUT2D eigenvalue weighted by Crippen LogP contribution is 2.21. The van der Waals surface area contributed by atoms with Gasteiger partial charge in [-0.05, 0) is 39.1 Å². The highest BCUT2D eigenvalue weighted by Gasteiger charge is 2.16. The number of fused-ring (bicyclic) bond motifs is 1. The molecule has 1 aliphatic rings. The van der Waals surface area contributed by atoms with Crippen molar-refractivity contribution in [2.24, 2.45) is 0 Å². The van der Waals surface area contributed by atoms with Crippen molar-refractivity contribution in [3.63, 3.8) is 0 Å². The molecule has 2 aromatic rings. The van der Waals surface area contributed by atoms with E-state index in [0.717, 1.165) is 36.1 Å². The molecular weight excluding hydrogens is 332 g/mol. The Balaban J connectivity index is 1.64. The number of nitrogens with zero attached hydrogens (tertiary/aromatic N) is 3. The molecule has 138 valence electrons. The molecule has 0 bridgehead atoms. The van der Waals surface area contributed by atoms with E-state index >= 15 is 0 Å². The van der Waals surface area contributed by atoms with Crippen LogP contribution in [0.25, 0.3) is 10.9 Å². The molecule has 1 aliphatic heterocycles. The Labute approximate surface area is 153 Å². The minimum atomic E-state index is -0.253. The lowest BCUT2D eigenvalue weighted by atomic mass is 10.2. The minimum absolute atomic E-state index is 0.167. The summed E-state index contributed by atoms with van der Waals surface area (Å²) in [6.07, 6.45) is 7.24. The van der Waals surface area contributed by atoms with Crippen LogP contribution in [0.1, 0.15) is 12.8 Å². The van der Waals surface area contributed by atoms with Crippen molar-refractivity contribution in [3.8, 4) is 5.75 Å². The van der Waals surface area contributed by atoms with Gasteiger partial charge in [0.2, 0.25) is 11.9 Å². The summed E-state index contributed by atoms with van der Waals surface area (Å²) in [6, 6.07) is 5.65. The lowest BCUT2D eigenvalue weighted by Crippen LogP contribution is -2.16. The maximum absolute atomic E-state index is 11.9. The molecule has 0 unspecified atom stereocenters. The van der Waals surface area contributed by atoms with Gasteiger partial charge in [-0.15, -0.1) is 0 Å². The third kappa shape index (κ3) is 5.24. The summed E-state index contributed by atoms with van der Waals surface area (Å²) in [5.41, 5.74) is 0.720. The normalized spacial score (nSPS) is 17.3. The van der Waals surface area contributed by atoms with E-state index in [4.69, 9.17) is 9.47 Å². The number of hydrogen-bond donors (Lipinski definition) is 1. The number of amides is 1. The predicted octanol–water partition coefficient (Wildman–Crippen LogP) is 2.24. The Bertz CT molecular complexity index is 785. The Kier molecular flexibility index (Phi) is 6.14. The Morgan fingerprint density at radius 1 is 1.46 bits per heavy atom. The number of anilines is 1. The zero-order chi connectivity index (χ0) is 18.4. The lowest BCUT2D eigenvalue weighted by Gasteiger charge is -2.12. The van der Waals surface area contributed by atoms with E-state index in [9.17, 15) is 4.79 Å². The van der Waals surface area contributed by atoms with Crippen LogP contribution in [0, 0.1) is 0 Å². The molecule has 26 heavy (non-hydrogen) atoms. The number of hydrogen-bond acceptors (Lipinski definition) is 6. The summed E-state index contributed by atoms with van der Waals surface area (Å²) in [5.74, 6) is 0.750. The van der Waals surface area contributed by atoms with Crippen molar-refractivity contribution in [2.75, 3.05) is 39.2 Å². The second kappa shape index (κ2) is 8.73. The summed E-state index contributed by atoms with van der Waals surface area (Å²) in [6.45, 7) is 2.04. The molecule has 1 fully saturated rings. The van der Waals surface area contributed by atoms with Gasteiger partial charge in [-0.2, -0.15) is 0 Å². The van der Waals surface area contributed by atoms with Crippen molar-refractivity contribution < 1.29 is 14.3 Å². The average Bonchev–Trinajstić information content (AvgIpc) is 3.13. The first-order valence-electron chi connectivity index (χ1n) is 8.73. The third-order valence-corrected chi connectivity index (χ3v) is 3.99. The molecule has 1 saturated heterocycles. The van der Waals surface area contributed by atoms with Crippen molar-refractivity contribution in [1.29, 1.82) is 0 Å². The van der Waals surface area contributed by atoms with Gasteiger partial charge in [0, 0.05) is 36.9 Å². The Morgan fingerprint density at radius 3 is 3.12 bits per heavy atom. The van der Waals surface area contributed by atoms with Gasteiger partial charge in [-0.1, -0.05) is 6.08 Å². The van der Waals surface area contributed by atoms with Gasteiger partial charge in [0.1, 0.15) is 12.4 Å². The topological polar surface area (TPSA) is 76.6 Å². The van der Waals surface area contributed by atoms with Crippen molar-refractivity contribution in [3.05, 3.63) is 36.5 Å². The lowest BCUT2D eigenvalue weighted by molar-refractivity contribution is -0.112. The summed E-state index contributed by atoms with van der Waals surface area (Å²) in [5, 5.41) is 3.56. The maximum Gasteiger partial charge on any atom is 0.250 e. The summed E-state index contributed by atoms with van der Waals surface area (Å²) < 4.78 is 11.4. The highest BCUT2D eigenvalue weighted by atomic mass is 16.5. The van der Waals surface area contributed by atoms with Crippen molar-refractivity contribution in [1.82, 2.24) is 14.9 Å². The first-order valence-corrected chi connectivity index (χ1v) is 8.73. The molecule has 0 aliphatic carbocycles. The molecule has 1 aromatic heterocycles. The number of carbonyl (C=O) groups is 1. The van der Waals surface area contributed by atoms with Crippen LogP contribution in [0.15, 0.2) is 36.5 Å². The fourth-order valence-corrected chi connectivity index (χ4v) is 2.64. The van der Waals surface area contributed by atoms with E-state index in [-0.39, 0.29) is 18.0 Å². The molecule has 7 nitrogen and oxygen atoms in total. The van der Waals surface area contributed by atoms with Gasteiger partial charge in [0.05, 0.1) is 11.6 Å². The van der Waals surface area contributed by atoms with Crippen LogP contribution < -0.4 is 10.1 Å². The molecule has 0 saturated carbocycles. The van der Waals surface area contributed by atoms with Gasteiger partial charge < -0.3 is 14.4 Å². The van der Waals surface area contributed by atoms with E-state index in [1.165, 1.54) is 6.08 Å². The standard InChI is InChI=1S/C19H24N4O3/c1-23(2)9-3-6-18(24)22-19-20-12-14-7-8-15(11-17(14)21-19)26-13-16-5-4-10-25-16/h3,6-8,11-12,16H,4-5,9-10,13H2,1-2H3,(H,20,21,22,24)/t16-/m0/s1. The van der Waals surface area contributed by atoms with E-state index in [2.05, 4.69) is 15.3 Å². The van der Waals surface area contributed by atoms with Gasteiger partial charge in [0.25, 0.3) is 0 Å². The summed E-state index contributed by atoms with van der Waals surface area (Å²) in [7, 11) is 3.88. The average molecular weight is 356 g/mol. The first-order chi connectivity index (χ1) is 12.6. The summed E-state index contributed by atoms with van der Waals surface area (Å²) in [4.78, 5) is 22.5. The van der Waals surface area contributed by atoms with Crippen LogP contribution in [0.4, 0.5) is 5.95 Å². The molecule has 0 radical (unpaired) electrons. The van der Waals surface area contributed by atoms with E-state index in [1.54, 1.807) is 12.3 Å². The first kappa shape index (κ1) is 18.3. The number of likely N-dealkylation sites (N-methyl/N-ethyl adjacent to an activating group) is 1. The maximum atomic E-state index is 11.9. The molecule has 1 aromatic carbocycles. The molecular formula is C19H24N4O3. The van der Waals surface area contributed by atoms with E-state index in [0.29, 0.717) is 13.2 Å². The second-order valence-corrected chi connectivity index (χ2v) is 6.51. The number of nitrogens with one attached hydrogen (secondary N) is 1. The van der Waals surface area contributed by atoms with E-state index in [1.807, 2.05) is 37.2 Å². The van der Waals surface area contributed by atoms with Crippen LogP contribution in [-0.2, 0) is 9.53 Å². The third-order valence-electron chi connectivity index (χ3n) is 3.99. The van der Waals surface area contributed by atoms with Crippen LogP contribution in [0.3, 0.4) is 0 Å². The zero-order valence-electron chi connectivity index (χ0n) is 15.1. The molecule has 1 amide bonds. The fourth-order valence-electron chi connectivity index (χ4n) is 2.64. The van der Waals surface area contributed by atoms with Crippen LogP contribution in [-0.4, -0.2) is 60.7 Å². The molecule has 3 rings (SSSR count). The fraction of sp³-hybridized carbons (Fsp3) is 0.421. The number of rotatable bonds is 7. The smallest absolute Gasteiger partial charge is 0.250 e. The predicted molar refractivity (Wildman–Crippen MR) is 100 cm³/mol. The Hall–Kier alpha value is -2.51. The molecule has 0 spiro atoms. The SMILES string of the molecule is CN(C)CC=CC(=O)Nc1ncc2ccc(OC[C@@H]3CCCO3)cc2n1. The van der Waals surface area contributed by atoms with E-state index < -0.39 is 0 Å². The van der Waals surface area contributed by atoms with Crippen molar-refractivity contribution >= 4 is 22.8 Å². The second-order valence-electron chi connectivity index (χ2n) is 6.51. The minimum Gasteiger partial charge on any atom is -0.491 e. The molecule has 1 atom stereocenters. The van der Waals surface area contributed by atoms with Gasteiger partial charge in [-0.3, -0.25) is 10.1 Å². The summed E-state index contributed by atoms with van der Waals surface area (Å²) >= 11 is 0. The van der Waals surface area contributed by atoms with Crippen LogP contribution >= 0.6 is 0 Å². The van der Waals surface area contributed by atoms with Gasteiger partial charge in [-0.25, -0.2) is 9.97 Å². The van der Waals surface area contributed by atoms with Gasteiger partial charge >= 0.3 is 0 Å². The monoisotopic (exact) mass is 356 g/mol. The van der Waals surface area contributed by atoms with Crippen LogP contribution in [0.5, 0.6) is 5.75 Å². The number of carbonyl (C=O) groups excluding carboxylic acids is 1. The number of ether oxygens (including phenoxy) is 2. The zero-order valence-corrected chi connectivity index (χ0v) is 15.1. The number of benzene rings is 1. The highest BCUT2D eigenvalue weighted by molar-refractivity contribution is 5.98. The van der Waals surface area contributed by atoms with Gasteiger partial charge in [0.15, 0.2) is 0 Å². The largest absolute Gasteiger partial charge is 0.491 e. The number of aromatic nitrogens is 2. The van der Waals surface area contributed by atoms with Crippen molar-refractivity contribution in [2.45, 2.75) is 18.9 Å². The molecule has 1 N–H and O–H groups in total. The quantitative estimate of drug-likeness (QED) is 0.767. The Morgan fingerprint density at radius 2 is 2.35 bits per heavy atom. The molecule has 2 heterocycles.